The maximum absolute atomic E-state index is 13.1. The smallest absolute Gasteiger partial charge is 0.319 e. The van der Waals surface area contributed by atoms with E-state index in [4.69, 9.17) is 0 Å². The zero-order chi connectivity index (χ0) is 16.8. The van der Waals surface area contributed by atoms with Crippen LogP contribution in [0.5, 0.6) is 0 Å². The minimum atomic E-state index is -0.388. The Balaban J connectivity index is 1.50. The van der Waals surface area contributed by atoms with Crippen molar-refractivity contribution in [1.29, 1.82) is 0 Å². The third-order valence-corrected chi connectivity index (χ3v) is 3.48. The number of rotatable bonds is 5. The second kappa shape index (κ2) is 7.41. The monoisotopic (exact) mass is 324 g/mol. The Labute approximate surface area is 139 Å². The van der Waals surface area contributed by atoms with Crippen molar-refractivity contribution in [3.8, 4) is 0 Å². The molecule has 5 nitrogen and oxygen atoms in total. The number of halogens is 1. The molecule has 0 aliphatic heterocycles. The molecule has 2 amide bonds. The molecule has 0 aliphatic rings. The van der Waals surface area contributed by atoms with Crippen molar-refractivity contribution in [3.05, 3.63) is 84.2 Å². The van der Waals surface area contributed by atoms with Gasteiger partial charge in [0, 0.05) is 31.2 Å². The lowest BCUT2D eigenvalue weighted by Gasteiger charge is -2.09. The molecule has 0 radical (unpaired) electrons. The van der Waals surface area contributed by atoms with Crippen LogP contribution in [-0.2, 0) is 13.1 Å². The molecule has 122 valence electrons. The number of carbonyl (C=O) groups is 1. The highest BCUT2D eigenvalue weighted by Gasteiger charge is 2.03. The summed E-state index contributed by atoms with van der Waals surface area (Å²) in [5.74, 6) is -0.388. The quantitative estimate of drug-likeness (QED) is 0.756. The molecule has 2 aromatic carbocycles. The van der Waals surface area contributed by atoms with Crippen LogP contribution in [0, 0.1) is 5.82 Å². The molecule has 0 atom stereocenters. The summed E-state index contributed by atoms with van der Waals surface area (Å²) >= 11 is 0. The minimum absolute atomic E-state index is 0.372. The van der Waals surface area contributed by atoms with Crippen LogP contribution >= 0.6 is 0 Å². The van der Waals surface area contributed by atoms with Gasteiger partial charge in [-0.1, -0.05) is 30.3 Å². The predicted octanol–water partition coefficient (Wildman–Crippen LogP) is 3.39. The number of aromatic nitrogens is 2. The van der Waals surface area contributed by atoms with E-state index in [0.29, 0.717) is 12.2 Å². The van der Waals surface area contributed by atoms with E-state index in [2.05, 4.69) is 15.6 Å². The fraction of sp³-hybridized carbons (Fsp3) is 0.111. The van der Waals surface area contributed by atoms with E-state index in [1.165, 1.54) is 12.1 Å². The van der Waals surface area contributed by atoms with Gasteiger partial charge in [-0.2, -0.15) is 0 Å². The van der Waals surface area contributed by atoms with E-state index in [1.54, 1.807) is 24.7 Å². The maximum atomic E-state index is 13.1. The summed E-state index contributed by atoms with van der Waals surface area (Å²) < 4.78 is 15.1. The van der Waals surface area contributed by atoms with Gasteiger partial charge >= 0.3 is 6.03 Å². The van der Waals surface area contributed by atoms with Crippen LogP contribution in [0.4, 0.5) is 14.9 Å². The number of hydrogen-bond donors (Lipinski definition) is 2. The van der Waals surface area contributed by atoms with Crippen molar-refractivity contribution in [1.82, 2.24) is 14.9 Å². The van der Waals surface area contributed by atoms with Crippen LogP contribution < -0.4 is 10.6 Å². The standard InChI is InChI=1S/C18H17FN4O/c19-16-2-1-3-17(10-16)22-18(24)21-11-14-4-6-15(7-5-14)12-23-9-8-20-13-23/h1-10,13H,11-12H2,(H2,21,22,24). The lowest BCUT2D eigenvalue weighted by atomic mass is 10.1. The third kappa shape index (κ3) is 4.42. The van der Waals surface area contributed by atoms with Gasteiger partial charge in [-0.3, -0.25) is 0 Å². The number of nitrogens with one attached hydrogen (secondary N) is 2. The Morgan fingerprint density at radius 2 is 1.92 bits per heavy atom. The Morgan fingerprint density at radius 3 is 2.62 bits per heavy atom. The van der Waals surface area contributed by atoms with Crippen LogP contribution in [0.1, 0.15) is 11.1 Å². The zero-order valence-electron chi connectivity index (χ0n) is 12.9. The van der Waals surface area contributed by atoms with Gasteiger partial charge in [0.2, 0.25) is 0 Å². The average molecular weight is 324 g/mol. The van der Waals surface area contributed by atoms with Crippen molar-refractivity contribution in [2.45, 2.75) is 13.1 Å². The summed E-state index contributed by atoms with van der Waals surface area (Å²) in [6, 6.07) is 13.4. The van der Waals surface area contributed by atoms with Crippen molar-refractivity contribution in [3.63, 3.8) is 0 Å². The SMILES string of the molecule is O=C(NCc1ccc(Cn2ccnc2)cc1)Nc1cccc(F)c1. The van der Waals surface area contributed by atoms with Crippen LogP contribution in [-0.4, -0.2) is 15.6 Å². The largest absolute Gasteiger partial charge is 0.334 e. The van der Waals surface area contributed by atoms with Gasteiger partial charge in [-0.05, 0) is 29.3 Å². The molecule has 2 N–H and O–H groups in total. The number of urea groups is 1. The summed E-state index contributed by atoms with van der Waals surface area (Å²) in [7, 11) is 0. The maximum Gasteiger partial charge on any atom is 0.319 e. The summed E-state index contributed by atoms with van der Waals surface area (Å²) in [5, 5.41) is 5.34. The van der Waals surface area contributed by atoms with Gasteiger partial charge in [0.15, 0.2) is 0 Å². The molecule has 6 heteroatoms. The van der Waals surface area contributed by atoms with Gasteiger partial charge in [0.25, 0.3) is 0 Å². The highest BCUT2D eigenvalue weighted by Crippen LogP contribution is 2.09. The van der Waals surface area contributed by atoms with Crippen LogP contribution in [0.25, 0.3) is 0 Å². The van der Waals surface area contributed by atoms with Crippen molar-refractivity contribution in [2.75, 3.05) is 5.32 Å². The molecule has 0 saturated carbocycles. The molecule has 0 fully saturated rings. The summed E-state index contributed by atoms with van der Waals surface area (Å²) in [5.41, 5.74) is 2.56. The van der Waals surface area contributed by atoms with E-state index >= 15 is 0 Å². The van der Waals surface area contributed by atoms with Gasteiger partial charge in [0.05, 0.1) is 6.33 Å². The van der Waals surface area contributed by atoms with Crippen LogP contribution in [0.3, 0.4) is 0 Å². The first-order valence-electron chi connectivity index (χ1n) is 7.53. The van der Waals surface area contributed by atoms with E-state index in [0.717, 1.165) is 17.7 Å². The first-order valence-corrected chi connectivity index (χ1v) is 7.53. The highest BCUT2D eigenvalue weighted by molar-refractivity contribution is 5.89. The number of carbonyl (C=O) groups excluding carboxylic acids is 1. The average Bonchev–Trinajstić information content (AvgIpc) is 3.07. The topological polar surface area (TPSA) is 59.0 Å². The van der Waals surface area contributed by atoms with E-state index in [1.807, 2.05) is 35.0 Å². The molecule has 1 heterocycles. The molecule has 0 saturated heterocycles. The first-order chi connectivity index (χ1) is 11.7. The molecular formula is C18H17FN4O. The Morgan fingerprint density at radius 1 is 1.12 bits per heavy atom. The molecule has 0 unspecified atom stereocenters. The van der Waals surface area contributed by atoms with Crippen molar-refractivity contribution >= 4 is 11.7 Å². The lowest BCUT2D eigenvalue weighted by molar-refractivity contribution is 0.251. The molecule has 0 bridgehead atoms. The lowest BCUT2D eigenvalue weighted by Crippen LogP contribution is -2.28. The Kier molecular flexibility index (Phi) is 4.86. The van der Waals surface area contributed by atoms with E-state index in [-0.39, 0.29) is 11.8 Å². The molecular weight excluding hydrogens is 307 g/mol. The van der Waals surface area contributed by atoms with Crippen molar-refractivity contribution in [2.24, 2.45) is 0 Å². The number of anilines is 1. The van der Waals surface area contributed by atoms with Gasteiger partial charge in [-0.15, -0.1) is 0 Å². The first kappa shape index (κ1) is 15.7. The molecule has 24 heavy (non-hydrogen) atoms. The molecule has 3 rings (SSSR count). The molecule has 1 aromatic heterocycles. The predicted molar refractivity (Wildman–Crippen MR) is 90.0 cm³/mol. The van der Waals surface area contributed by atoms with Gasteiger partial charge in [0.1, 0.15) is 5.82 Å². The minimum Gasteiger partial charge on any atom is -0.334 e. The molecule has 3 aromatic rings. The number of amides is 2. The number of benzene rings is 2. The van der Waals surface area contributed by atoms with Crippen LogP contribution in [0.2, 0.25) is 0 Å². The van der Waals surface area contributed by atoms with Crippen molar-refractivity contribution < 1.29 is 9.18 Å². The summed E-state index contributed by atoms with van der Waals surface area (Å²) in [6.45, 7) is 1.15. The Hall–Kier alpha value is -3.15. The summed E-state index contributed by atoms with van der Waals surface area (Å²) in [4.78, 5) is 15.8. The van der Waals surface area contributed by atoms with E-state index < -0.39 is 0 Å². The molecule has 0 aliphatic carbocycles. The fourth-order valence-corrected chi connectivity index (χ4v) is 2.28. The number of hydrogen-bond acceptors (Lipinski definition) is 2. The van der Waals surface area contributed by atoms with Gasteiger partial charge in [-0.25, -0.2) is 14.2 Å². The second-order valence-corrected chi connectivity index (χ2v) is 5.37. The highest BCUT2D eigenvalue weighted by atomic mass is 19.1. The fourth-order valence-electron chi connectivity index (χ4n) is 2.28. The second-order valence-electron chi connectivity index (χ2n) is 5.37. The number of nitrogens with zero attached hydrogens (tertiary/aromatic N) is 2. The number of imidazole rings is 1. The third-order valence-electron chi connectivity index (χ3n) is 3.48. The van der Waals surface area contributed by atoms with E-state index in [9.17, 15) is 9.18 Å². The van der Waals surface area contributed by atoms with Gasteiger partial charge < -0.3 is 15.2 Å². The normalized spacial score (nSPS) is 10.4. The summed E-state index contributed by atoms with van der Waals surface area (Å²) in [6.07, 6.45) is 5.42. The van der Waals surface area contributed by atoms with Crippen LogP contribution in [0.15, 0.2) is 67.3 Å². The zero-order valence-corrected chi connectivity index (χ0v) is 12.9. The molecule has 0 spiro atoms. The Bertz CT molecular complexity index is 800.